The Balaban J connectivity index is 1.80. The van der Waals surface area contributed by atoms with Gasteiger partial charge >= 0.3 is 5.97 Å². The molecular formula is C22H17FN2O4S. The first-order valence-corrected chi connectivity index (χ1v) is 10.2. The summed E-state index contributed by atoms with van der Waals surface area (Å²) in [6.07, 6.45) is 1.63. The van der Waals surface area contributed by atoms with Gasteiger partial charge in [0.25, 0.3) is 5.56 Å². The van der Waals surface area contributed by atoms with Crippen molar-refractivity contribution in [3.8, 4) is 5.75 Å². The van der Waals surface area contributed by atoms with Gasteiger partial charge in [-0.1, -0.05) is 41.7 Å². The van der Waals surface area contributed by atoms with E-state index in [4.69, 9.17) is 9.47 Å². The first kappa shape index (κ1) is 18.7. The van der Waals surface area contributed by atoms with Crippen LogP contribution in [0.2, 0.25) is 0 Å². The fourth-order valence-corrected chi connectivity index (χ4v) is 5.28. The zero-order valence-electron chi connectivity index (χ0n) is 16.2. The van der Waals surface area contributed by atoms with Crippen LogP contribution in [0.15, 0.2) is 58.3 Å². The molecule has 0 radical (unpaired) electrons. The molecule has 0 saturated carbocycles. The maximum absolute atomic E-state index is 13.6. The molecule has 0 fully saturated rings. The van der Waals surface area contributed by atoms with Crippen molar-refractivity contribution in [2.45, 2.75) is 18.7 Å². The number of nitrogens with zero attached hydrogens (tertiary/aromatic N) is 2. The third-order valence-corrected chi connectivity index (χ3v) is 6.46. The summed E-state index contributed by atoms with van der Waals surface area (Å²) >= 11 is 1.19. The Bertz CT molecular complexity index is 1360. The van der Waals surface area contributed by atoms with Crippen LogP contribution in [0.25, 0.3) is 6.08 Å². The summed E-state index contributed by atoms with van der Waals surface area (Å²) in [5, 5.41) is 0. The van der Waals surface area contributed by atoms with Crippen LogP contribution >= 0.6 is 11.3 Å². The quantitative estimate of drug-likeness (QED) is 0.590. The van der Waals surface area contributed by atoms with Crippen LogP contribution in [0.4, 0.5) is 4.39 Å². The number of benzene rings is 2. The number of para-hydroxylation sites is 1. The van der Waals surface area contributed by atoms with Crippen LogP contribution in [-0.2, 0) is 9.53 Å². The Morgan fingerprint density at radius 3 is 2.87 bits per heavy atom. The van der Waals surface area contributed by atoms with Crippen LogP contribution < -0.4 is 19.6 Å². The molecular weight excluding hydrogens is 407 g/mol. The molecule has 8 heteroatoms. The zero-order valence-corrected chi connectivity index (χ0v) is 17.0. The normalized spacial score (nSPS) is 24.3. The number of hydrogen-bond acceptors (Lipinski definition) is 6. The molecule has 0 saturated heterocycles. The Kier molecular flexibility index (Phi) is 4.14. The highest BCUT2D eigenvalue weighted by Gasteiger charge is 2.55. The molecule has 152 valence electrons. The lowest BCUT2D eigenvalue weighted by molar-refractivity contribution is -0.158. The molecule has 2 aliphatic rings. The molecule has 3 atom stereocenters. The molecule has 0 unspecified atom stereocenters. The molecule has 2 bridgehead atoms. The van der Waals surface area contributed by atoms with Crippen molar-refractivity contribution >= 4 is 23.4 Å². The smallest absolute Gasteiger partial charge is 0.317 e. The van der Waals surface area contributed by atoms with E-state index in [1.54, 1.807) is 31.2 Å². The average Bonchev–Trinajstić information content (AvgIpc) is 3.00. The Labute approximate surface area is 174 Å². The minimum Gasteiger partial charge on any atom is -0.469 e. The van der Waals surface area contributed by atoms with Crippen LogP contribution in [0, 0.1) is 11.7 Å². The molecule has 1 aromatic heterocycles. The number of ether oxygens (including phenoxy) is 2. The topological polar surface area (TPSA) is 69.9 Å². The molecule has 2 aromatic carbocycles. The van der Waals surface area contributed by atoms with Crippen molar-refractivity contribution in [1.82, 2.24) is 4.57 Å². The van der Waals surface area contributed by atoms with E-state index in [1.807, 2.05) is 18.2 Å². The summed E-state index contributed by atoms with van der Waals surface area (Å²) in [7, 11) is 1.31. The molecule has 0 N–H and O–H groups in total. The molecule has 0 aliphatic carbocycles. The van der Waals surface area contributed by atoms with Crippen molar-refractivity contribution in [3.63, 3.8) is 0 Å². The van der Waals surface area contributed by atoms with Gasteiger partial charge in [0.15, 0.2) is 4.80 Å². The van der Waals surface area contributed by atoms with Gasteiger partial charge in [-0.15, -0.1) is 0 Å². The molecule has 3 aromatic rings. The number of carbonyl (C=O) groups is 1. The maximum Gasteiger partial charge on any atom is 0.317 e. The number of thiazole rings is 1. The lowest BCUT2D eigenvalue weighted by atomic mass is 9.81. The van der Waals surface area contributed by atoms with Gasteiger partial charge in [0, 0.05) is 5.56 Å². The van der Waals surface area contributed by atoms with Gasteiger partial charge in [0.1, 0.15) is 17.5 Å². The number of fused-ring (bicyclic) bond motifs is 6. The molecule has 0 spiro atoms. The van der Waals surface area contributed by atoms with Crippen molar-refractivity contribution in [2.75, 3.05) is 7.11 Å². The minimum absolute atomic E-state index is 0.291. The van der Waals surface area contributed by atoms with Gasteiger partial charge in [-0.3, -0.25) is 14.2 Å². The number of aromatic nitrogens is 1. The standard InChI is InChI=1S/C22H17FN2O4S/c1-22-17(20(27)28-2)18(14-8-3-4-9-15(14)29-22)25-19(26)16(30-21(25)24-22)11-12-6-5-7-13(23)10-12/h3-11,17-18H,1-2H3/b16-11+/t17-,18-,22-/m0/s1. The predicted molar refractivity (Wildman–Crippen MR) is 108 cm³/mol. The Hall–Kier alpha value is -3.26. The van der Waals surface area contributed by atoms with E-state index in [-0.39, 0.29) is 11.4 Å². The van der Waals surface area contributed by atoms with E-state index < -0.39 is 23.7 Å². The summed E-state index contributed by atoms with van der Waals surface area (Å²) in [4.78, 5) is 31.2. The lowest BCUT2D eigenvalue weighted by Gasteiger charge is -2.44. The van der Waals surface area contributed by atoms with Crippen molar-refractivity contribution in [1.29, 1.82) is 0 Å². The number of methoxy groups -OCH3 is 1. The second kappa shape index (κ2) is 6.63. The monoisotopic (exact) mass is 424 g/mol. The predicted octanol–water partition coefficient (Wildman–Crippen LogP) is 2.00. The van der Waals surface area contributed by atoms with Gasteiger partial charge in [-0.25, -0.2) is 9.38 Å². The molecule has 30 heavy (non-hydrogen) atoms. The Morgan fingerprint density at radius 2 is 2.10 bits per heavy atom. The number of esters is 1. The highest BCUT2D eigenvalue weighted by atomic mass is 32.1. The van der Waals surface area contributed by atoms with E-state index in [9.17, 15) is 14.0 Å². The Morgan fingerprint density at radius 1 is 1.30 bits per heavy atom. The minimum atomic E-state index is -1.21. The molecule has 5 rings (SSSR count). The van der Waals surface area contributed by atoms with E-state index in [2.05, 4.69) is 4.99 Å². The summed E-state index contributed by atoms with van der Waals surface area (Å²) in [6, 6.07) is 12.7. The molecule has 6 nitrogen and oxygen atoms in total. The second-order valence-electron chi connectivity index (χ2n) is 7.38. The van der Waals surface area contributed by atoms with Gasteiger partial charge < -0.3 is 9.47 Å². The third kappa shape index (κ3) is 2.71. The molecule has 3 heterocycles. The summed E-state index contributed by atoms with van der Waals surface area (Å²) in [5.41, 5.74) is -0.208. The van der Waals surface area contributed by atoms with Crippen LogP contribution in [-0.4, -0.2) is 23.4 Å². The highest BCUT2D eigenvalue weighted by molar-refractivity contribution is 7.07. The first-order valence-electron chi connectivity index (χ1n) is 9.35. The van der Waals surface area contributed by atoms with Crippen LogP contribution in [0.5, 0.6) is 5.75 Å². The average molecular weight is 424 g/mol. The van der Waals surface area contributed by atoms with E-state index >= 15 is 0 Å². The van der Waals surface area contributed by atoms with Gasteiger partial charge in [-0.2, -0.15) is 0 Å². The van der Waals surface area contributed by atoms with E-state index in [1.165, 1.54) is 35.1 Å². The summed E-state index contributed by atoms with van der Waals surface area (Å²) in [6.45, 7) is 1.72. The number of hydrogen-bond donors (Lipinski definition) is 0. The maximum atomic E-state index is 13.6. The number of halogens is 1. The summed E-state index contributed by atoms with van der Waals surface area (Å²) < 4.78 is 26.7. The zero-order chi connectivity index (χ0) is 21.0. The van der Waals surface area contributed by atoms with Crippen molar-refractivity contribution in [2.24, 2.45) is 10.9 Å². The summed E-state index contributed by atoms with van der Waals surface area (Å²) in [5.74, 6) is -1.13. The SMILES string of the molecule is COC(=O)[C@@H]1[C@@H]2c3ccccc3O[C@]1(C)N=c1s/c(=C/c3cccc(F)c3)c(=O)n12. The molecule has 2 aliphatic heterocycles. The van der Waals surface area contributed by atoms with Crippen LogP contribution in [0.3, 0.4) is 0 Å². The number of rotatable bonds is 2. The molecule has 0 amide bonds. The third-order valence-electron chi connectivity index (χ3n) is 5.48. The second-order valence-corrected chi connectivity index (χ2v) is 8.38. The number of carbonyl (C=O) groups excluding carboxylic acids is 1. The van der Waals surface area contributed by atoms with Gasteiger partial charge in [0.05, 0.1) is 17.7 Å². The van der Waals surface area contributed by atoms with E-state index in [0.717, 1.165) is 5.56 Å². The van der Waals surface area contributed by atoms with E-state index in [0.29, 0.717) is 20.6 Å². The fourth-order valence-electron chi connectivity index (χ4n) is 4.18. The fraction of sp³-hybridized carbons (Fsp3) is 0.227. The highest BCUT2D eigenvalue weighted by Crippen LogP contribution is 2.47. The van der Waals surface area contributed by atoms with Crippen molar-refractivity contribution in [3.05, 3.63) is 85.2 Å². The van der Waals surface area contributed by atoms with Gasteiger partial charge in [-0.05, 0) is 36.8 Å². The van der Waals surface area contributed by atoms with Gasteiger partial charge in [0.2, 0.25) is 5.72 Å². The largest absolute Gasteiger partial charge is 0.469 e. The van der Waals surface area contributed by atoms with Crippen molar-refractivity contribution < 1.29 is 18.7 Å². The first-order chi connectivity index (χ1) is 14.4. The van der Waals surface area contributed by atoms with Crippen LogP contribution in [0.1, 0.15) is 24.1 Å². The lowest BCUT2D eigenvalue weighted by Crippen LogP contribution is -2.58.